The van der Waals surface area contributed by atoms with Crippen LogP contribution in [0.5, 0.6) is 0 Å². The summed E-state index contributed by atoms with van der Waals surface area (Å²) in [5.74, 6) is -0.177. The molecular formula is C12H11N3O2. The Morgan fingerprint density at radius 3 is 3.00 bits per heavy atom. The smallest absolute Gasteiger partial charge is 0.243 e. The second kappa shape index (κ2) is 4.26. The van der Waals surface area contributed by atoms with Crippen molar-refractivity contribution in [1.82, 2.24) is 0 Å². The lowest BCUT2D eigenvalue weighted by Gasteiger charge is -2.30. The molecule has 1 heterocycles. The number of amides is 1. The Morgan fingerprint density at radius 1 is 1.59 bits per heavy atom. The van der Waals surface area contributed by atoms with E-state index >= 15 is 0 Å². The van der Waals surface area contributed by atoms with Gasteiger partial charge in [0, 0.05) is 0 Å². The zero-order valence-corrected chi connectivity index (χ0v) is 9.36. The van der Waals surface area contributed by atoms with Gasteiger partial charge in [0.25, 0.3) is 0 Å². The SMILES string of the molecule is CC(=O)CN1CC(=O)Nc2cc(C#N)ccc21. The highest BCUT2D eigenvalue weighted by Gasteiger charge is 2.22. The number of hydrogen-bond donors (Lipinski definition) is 1. The number of hydrogen-bond acceptors (Lipinski definition) is 4. The molecule has 0 saturated carbocycles. The first-order valence-corrected chi connectivity index (χ1v) is 5.18. The van der Waals surface area contributed by atoms with Gasteiger partial charge in [-0.05, 0) is 25.1 Å². The van der Waals surface area contributed by atoms with Gasteiger partial charge in [0.2, 0.25) is 5.91 Å². The number of Topliss-reactive ketones (excluding diaryl/α,β-unsaturated/α-hetero) is 1. The summed E-state index contributed by atoms with van der Waals surface area (Å²) in [6, 6.07) is 7.04. The zero-order valence-electron chi connectivity index (χ0n) is 9.36. The molecule has 0 unspecified atom stereocenters. The molecule has 1 amide bonds. The lowest BCUT2D eigenvalue weighted by molar-refractivity contribution is -0.116. The fourth-order valence-electron chi connectivity index (χ4n) is 1.84. The van der Waals surface area contributed by atoms with E-state index in [1.54, 1.807) is 23.1 Å². The molecule has 0 aromatic heterocycles. The molecule has 0 aliphatic carbocycles. The second-order valence-electron chi connectivity index (χ2n) is 3.95. The number of nitrogens with one attached hydrogen (secondary N) is 1. The third-order valence-corrected chi connectivity index (χ3v) is 2.49. The minimum atomic E-state index is -0.172. The number of rotatable bonds is 2. The van der Waals surface area contributed by atoms with Crippen molar-refractivity contribution in [2.24, 2.45) is 0 Å². The lowest BCUT2D eigenvalue weighted by atomic mass is 10.1. The van der Waals surface area contributed by atoms with Crippen molar-refractivity contribution in [2.45, 2.75) is 6.92 Å². The maximum atomic E-state index is 11.5. The predicted molar refractivity (Wildman–Crippen MR) is 62.7 cm³/mol. The van der Waals surface area contributed by atoms with Crippen LogP contribution in [0, 0.1) is 11.3 Å². The first kappa shape index (κ1) is 11.1. The molecule has 17 heavy (non-hydrogen) atoms. The fourth-order valence-corrected chi connectivity index (χ4v) is 1.84. The summed E-state index contributed by atoms with van der Waals surface area (Å²) < 4.78 is 0. The van der Waals surface area contributed by atoms with Gasteiger partial charge < -0.3 is 10.2 Å². The summed E-state index contributed by atoms with van der Waals surface area (Å²) in [6.07, 6.45) is 0. The summed E-state index contributed by atoms with van der Waals surface area (Å²) in [5.41, 5.74) is 1.84. The van der Waals surface area contributed by atoms with Crippen molar-refractivity contribution in [2.75, 3.05) is 23.3 Å². The van der Waals surface area contributed by atoms with Crippen LogP contribution >= 0.6 is 0 Å². The molecule has 0 saturated heterocycles. The number of benzene rings is 1. The summed E-state index contributed by atoms with van der Waals surface area (Å²) in [5, 5.41) is 11.5. The van der Waals surface area contributed by atoms with Crippen molar-refractivity contribution >= 4 is 23.1 Å². The van der Waals surface area contributed by atoms with Gasteiger partial charge in [0.05, 0.1) is 36.1 Å². The third kappa shape index (κ3) is 2.26. The standard InChI is InChI=1S/C12H11N3O2/c1-8(16)6-15-7-12(17)14-10-4-9(5-13)2-3-11(10)15/h2-4H,6-7H2,1H3,(H,14,17). The van der Waals surface area contributed by atoms with Crippen molar-refractivity contribution in [3.8, 4) is 6.07 Å². The topological polar surface area (TPSA) is 73.2 Å². The number of nitrogens with zero attached hydrogens (tertiary/aromatic N) is 2. The molecular weight excluding hydrogens is 218 g/mol. The summed E-state index contributed by atoms with van der Waals surface area (Å²) >= 11 is 0. The van der Waals surface area contributed by atoms with Crippen LogP contribution in [0.2, 0.25) is 0 Å². The van der Waals surface area contributed by atoms with Crippen LogP contribution in [-0.4, -0.2) is 24.8 Å². The monoisotopic (exact) mass is 229 g/mol. The molecule has 1 aromatic rings. The van der Waals surface area contributed by atoms with Crippen LogP contribution < -0.4 is 10.2 Å². The molecule has 2 rings (SSSR count). The van der Waals surface area contributed by atoms with E-state index in [1.807, 2.05) is 6.07 Å². The predicted octanol–water partition coefficient (Wildman–Crippen LogP) is 0.906. The van der Waals surface area contributed by atoms with E-state index in [9.17, 15) is 9.59 Å². The third-order valence-electron chi connectivity index (χ3n) is 2.49. The van der Waals surface area contributed by atoms with Crippen LogP contribution in [0.15, 0.2) is 18.2 Å². The van der Waals surface area contributed by atoms with Gasteiger partial charge in [-0.25, -0.2) is 0 Å². The minimum absolute atomic E-state index is 0.00462. The highest BCUT2D eigenvalue weighted by molar-refractivity contribution is 6.02. The van der Waals surface area contributed by atoms with Gasteiger partial charge >= 0.3 is 0 Å². The molecule has 5 heteroatoms. The van der Waals surface area contributed by atoms with E-state index in [-0.39, 0.29) is 24.8 Å². The van der Waals surface area contributed by atoms with Gasteiger partial charge in [0.15, 0.2) is 0 Å². The Labute approximate surface area is 98.6 Å². The Bertz CT molecular complexity index is 531. The summed E-state index contributed by atoms with van der Waals surface area (Å²) in [4.78, 5) is 24.3. The molecule has 86 valence electrons. The van der Waals surface area contributed by atoms with Crippen molar-refractivity contribution in [3.05, 3.63) is 23.8 Å². The molecule has 0 fully saturated rings. The van der Waals surface area contributed by atoms with Gasteiger partial charge in [-0.1, -0.05) is 0 Å². The number of carbonyl (C=O) groups is 2. The van der Waals surface area contributed by atoms with E-state index in [2.05, 4.69) is 5.32 Å². The van der Waals surface area contributed by atoms with Crippen LogP contribution in [0.3, 0.4) is 0 Å². The molecule has 0 spiro atoms. The van der Waals surface area contributed by atoms with E-state index < -0.39 is 0 Å². The van der Waals surface area contributed by atoms with Crippen molar-refractivity contribution < 1.29 is 9.59 Å². The number of carbonyl (C=O) groups excluding carboxylic acids is 2. The normalized spacial score (nSPS) is 13.6. The molecule has 0 radical (unpaired) electrons. The first-order chi connectivity index (χ1) is 8.10. The summed E-state index contributed by atoms with van der Waals surface area (Å²) in [6.45, 7) is 1.85. The van der Waals surface area contributed by atoms with E-state index in [1.165, 1.54) is 6.92 Å². The minimum Gasteiger partial charge on any atom is -0.353 e. The number of nitriles is 1. The number of ketones is 1. The average Bonchev–Trinajstić information content (AvgIpc) is 2.27. The highest BCUT2D eigenvalue weighted by Crippen LogP contribution is 2.29. The van der Waals surface area contributed by atoms with Gasteiger partial charge in [-0.3, -0.25) is 9.59 Å². The van der Waals surface area contributed by atoms with E-state index in [0.29, 0.717) is 11.3 Å². The number of anilines is 2. The Balaban J connectivity index is 2.40. The largest absolute Gasteiger partial charge is 0.353 e. The average molecular weight is 229 g/mol. The van der Waals surface area contributed by atoms with Crippen LogP contribution in [0.25, 0.3) is 0 Å². The van der Waals surface area contributed by atoms with Crippen molar-refractivity contribution in [1.29, 1.82) is 5.26 Å². The van der Waals surface area contributed by atoms with Crippen LogP contribution in [0.4, 0.5) is 11.4 Å². The fraction of sp³-hybridized carbons (Fsp3) is 0.250. The molecule has 0 bridgehead atoms. The quantitative estimate of drug-likeness (QED) is 0.817. The van der Waals surface area contributed by atoms with Crippen LogP contribution in [0.1, 0.15) is 12.5 Å². The van der Waals surface area contributed by atoms with E-state index in [0.717, 1.165) is 5.69 Å². The maximum Gasteiger partial charge on any atom is 0.243 e. The number of fused-ring (bicyclic) bond motifs is 1. The Hall–Kier alpha value is -2.35. The maximum absolute atomic E-state index is 11.5. The summed E-state index contributed by atoms with van der Waals surface area (Å²) in [7, 11) is 0. The molecule has 1 N–H and O–H groups in total. The molecule has 1 aliphatic rings. The molecule has 1 aromatic carbocycles. The second-order valence-corrected chi connectivity index (χ2v) is 3.95. The van der Waals surface area contributed by atoms with Crippen molar-refractivity contribution in [3.63, 3.8) is 0 Å². The zero-order chi connectivity index (χ0) is 12.4. The van der Waals surface area contributed by atoms with Crippen LogP contribution in [-0.2, 0) is 9.59 Å². The van der Waals surface area contributed by atoms with Gasteiger partial charge in [-0.2, -0.15) is 5.26 Å². The molecule has 5 nitrogen and oxygen atoms in total. The molecule has 1 aliphatic heterocycles. The first-order valence-electron chi connectivity index (χ1n) is 5.18. The van der Waals surface area contributed by atoms with Gasteiger partial charge in [-0.15, -0.1) is 0 Å². The highest BCUT2D eigenvalue weighted by atomic mass is 16.2. The van der Waals surface area contributed by atoms with E-state index in [4.69, 9.17) is 5.26 Å². The Morgan fingerprint density at radius 2 is 2.35 bits per heavy atom. The Kier molecular flexibility index (Phi) is 2.79. The van der Waals surface area contributed by atoms with Gasteiger partial charge in [0.1, 0.15) is 5.78 Å². The lowest BCUT2D eigenvalue weighted by Crippen LogP contribution is -2.40. The molecule has 0 atom stereocenters.